The van der Waals surface area contributed by atoms with Crippen molar-refractivity contribution in [2.75, 3.05) is 6.54 Å². The lowest BCUT2D eigenvalue weighted by atomic mass is 10.1. The van der Waals surface area contributed by atoms with Crippen molar-refractivity contribution in [1.29, 1.82) is 0 Å². The Balaban J connectivity index is 1.77. The van der Waals surface area contributed by atoms with Gasteiger partial charge in [-0.25, -0.2) is 0 Å². The maximum atomic E-state index is 5.54. The lowest BCUT2D eigenvalue weighted by Crippen LogP contribution is -2.24. The van der Waals surface area contributed by atoms with Crippen molar-refractivity contribution < 1.29 is 4.42 Å². The molecule has 1 aliphatic rings. The second-order valence-corrected chi connectivity index (χ2v) is 5.84. The van der Waals surface area contributed by atoms with E-state index in [0.29, 0.717) is 6.04 Å². The van der Waals surface area contributed by atoms with Gasteiger partial charge in [0.05, 0.1) is 6.04 Å². The first-order chi connectivity index (χ1) is 7.65. The molecule has 3 unspecified atom stereocenters. The fourth-order valence-corrected chi connectivity index (χ4v) is 2.83. The number of hydrogen-bond donors (Lipinski definition) is 1. The van der Waals surface area contributed by atoms with E-state index in [-0.39, 0.29) is 0 Å². The highest BCUT2D eigenvalue weighted by Crippen LogP contribution is 2.30. The Morgan fingerprint density at radius 1 is 1.50 bits per heavy atom. The van der Waals surface area contributed by atoms with Crippen molar-refractivity contribution in [3.8, 4) is 0 Å². The maximum Gasteiger partial charge on any atom is 0.169 e. The van der Waals surface area contributed by atoms with Gasteiger partial charge in [-0.1, -0.05) is 13.3 Å². The molecule has 0 aliphatic heterocycles. The van der Waals surface area contributed by atoms with Gasteiger partial charge in [0.2, 0.25) is 0 Å². The molecule has 2 nitrogen and oxygen atoms in total. The second kappa shape index (κ2) is 5.37. The molecule has 0 radical (unpaired) electrons. The Labute approximate surface area is 106 Å². The molecular formula is C13H20BrNO. The predicted molar refractivity (Wildman–Crippen MR) is 69.3 cm³/mol. The minimum Gasteiger partial charge on any atom is -0.453 e. The largest absolute Gasteiger partial charge is 0.453 e. The van der Waals surface area contributed by atoms with E-state index in [1.807, 2.05) is 12.1 Å². The van der Waals surface area contributed by atoms with E-state index in [4.69, 9.17) is 4.42 Å². The first-order valence-electron chi connectivity index (χ1n) is 6.13. The lowest BCUT2D eigenvalue weighted by molar-refractivity contribution is 0.385. The fraction of sp³-hybridized carbons (Fsp3) is 0.692. The standard InChI is InChI=1S/C13H20BrNO/c1-9-3-4-11(7-9)8-15-10(2)12-5-6-13(14)16-12/h5-6,9-11,15H,3-4,7-8H2,1-2H3. The maximum absolute atomic E-state index is 5.54. The highest BCUT2D eigenvalue weighted by molar-refractivity contribution is 9.10. The van der Waals surface area contributed by atoms with Crippen LogP contribution in [0.25, 0.3) is 0 Å². The van der Waals surface area contributed by atoms with Crippen LogP contribution in [0.5, 0.6) is 0 Å². The molecule has 1 N–H and O–H groups in total. The van der Waals surface area contributed by atoms with Gasteiger partial charge in [0, 0.05) is 0 Å². The van der Waals surface area contributed by atoms with E-state index in [9.17, 15) is 0 Å². The molecule has 3 atom stereocenters. The molecule has 0 spiro atoms. The third-order valence-corrected chi connectivity index (χ3v) is 3.96. The van der Waals surface area contributed by atoms with Crippen LogP contribution in [-0.4, -0.2) is 6.54 Å². The van der Waals surface area contributed by atoms with Gasteiger partial charge in [-0.05, 0) is 66.2 Å². The van der Waals surface area contributed by atoms with Gasteiger partial charge in [0.1, 0.15) is 5.76 Å². The van der Waals surface area contributed by atoms with E-state index in [1.54, 1.807) is 0 Å². The summed E-state index contributed by atoms with van der Waals surface area (Å²) in [7, 11) is 0. The molecule has 0 aromatic carbocycles. The van der Waals surface area contributed by atoms with Crippen molar-refractivity contribution >= 4 is 15.9 Å². The Morgan fingerprint density at radius 3 is 2.88 bits per heavy atom. The van der Waals surface area contributed by atoms with Gasteiger partial charge in [0.25, 0.3) is 0 Å². The molecule has 0 saturated heterocycles. The lowest BCUT2D eigenvalue weighted by Gasteiger charge is -2.15. The van der Waals surface area contributed by atoms with Crippen LogP contribution in [0, 0.1) is 11.8 Å². The molecule has 0 amide bonds. The summed E-state index contributed by atoms with van der Waals surface area (Å²) < 4.78 is 6.35. The summed E-state index contributed by atoms with van der Waals surface area (Å²) >= 11 is 3.33. The van der Waals surface area contributed by atoms with Crippen molar-refractivity contribution in [2.24, 2.45) is 11.8 Å². The molecule has 1 aromatic rings. The normalized spacial score (nSPS) is 27.2. The summed E-state index contributed by atoms with van der Waals surface area (Å²) in [5, 5.41) is 3.56. The van der Waals surface area contributed by atoms with E-state index in [0.717, 1.165) is 28.8 Å². The Bertz CT molecular complexity index is 336. The summed E-state index contributed by atoms with van der Waals surface area (Å²) in [5.41, 5.74) is 0. The Hall–Kier alpha value is -0.280. The quantitative estimate of drug-likeness (QED) is 0.900. The second-order valence-electron chi connectivity index (χ2n) is 5.06. The van der Waals surface area contributed by atoms with Gasteiger partial charge in [-0.3, -0.25) is 0 Å². The SMILES string of the molecule is CC1CCC(CNC(C)c2ccc(Br)o2)C1. The van der Waals surface area contributed by atoms with Crippen LogP contribution < -0.4 is 5.32 Å². The van der Waals surface area contributed by atoms with E-state index >= 15 is 0 Å². The van der Waals surface area contributed by atoms with Gasteiger partial charge in [0.15, 0.2) is 4.67 Å². The van der Waals surface area contributed by atoms with E-state index in [2.05, 4.69) is 35.1 Å². The zero-order valence-corrected chi connectivity index (χ0v) is 11.6. The zero-order valence-electron chi connectivity index (χ0n) is 10.0. The summed E-state index contributed by atoms with van der Waals surface area (Å²) in [5.74, 6) is 2.79. The molecular weight excluding hydrogens is 266 g/mol. The van der Waals surface area contributed by atoms with Gasteiger partial charge >= 0.3 is 0 Å². The first-order valence-corrected chi connectivity index (χ1v) is 6.93. The smallest absolute Gasteiger partial charge is 0.169 e. The molecule has 1 aliphatic carbocycles. The number of nitrogens with one attached hydrogen (secondary N) is 1. The first kappa shape index (κ1) is 12.2. The summed E-state index contributed by atoms with van der Waals surface area (Å²) in [6.07, 6.45) is 4.15. The van der Waals surface area contributed by atoms with Crippen LogP contribution in [0.1, 0.15) is 44.9 Å². The highest BCUT2D eigenvalue weighted by Gasteiger charge is 2.21. The van der Waals surface area contributed by atoms with Crippen LogP contribution in [0.2, 0.25) is 0 Å². The molecule has 1 heterocycles. The number of halogens is 1. The minimum absolute atomic E-state index is 0.308. The van der Waals surface area contributed by atoms with Crippen LogP contribution >= 0.6 is 15.9 Å². The van der Waals surface area contributed by atoms with Crippen LogP contribution in [0.4, 0.5) is 0 Å². The molecule has 1 saturated carbocycles. The molecule has 2 rings (SSSR count). The molecule has 3 heteroatoms. The van der Waals surface area contributed by atoms with E-state index in [1.165, 1.54) is 19.3 Å². The van der Waals surface area contributed by atoms with Crippen molar-refractivity contribution in [1.82, 2.24) is 5.32 Å². The number of hydrogen-bond acceptors (Lipinski definition) is 2. The molecule has 1 aromatic heterocycles. The summed E-state index contributed by atoms with van der Waals surface area (Å²) in [6.45, 7) is 5.63. The zero-order chi connectivity index (χ0) is 11.5. The molecule has 0 bridgehead atoms. The van der Waals surface area contributed by atoms with Gasteiger partial charge in [-0.15, -0.1) is 0 Å². The van der Waals surface area contributed by atoms with Crippen LogP contribution in [-0.2, 0) is 0 Å². The highest BCUT2D eigenvalue weighted by atomic mass is 79.9. The average molecular weight is 286 g/mol. The van der Waals surface area contributed by atoms with E-state index < -0.39 is 0 Å². The monoisotopic (exact) mass is 285 g/mol. The van der Waals surface area contributed by atoms with Crippen LogP contribution in [0.3, 0.4) is 0 Å². The summed E-state index contributed by atoms with van der Waals surface area (Å²) in [6, 6.07) is 4.28. The molecule has 16 heavy (non-hydrogen) atoms. The van der Waals surface area contributed by atoms with Crippen molar-refractivity contribution in [3.63, 3.8) is 0 Å². The Kier molecular flexibility index (Phi) is 4.09. The van der Waals surface area contributed by atoms with Crippen molar-refractivity contribution in [2.45, 2.75) is 39.2 Å². The van der Waals surface area contributed by atoms with Gasteiger partial charge in [-0.2, -0.15) is 0 Å². The minimum atomic E-state index is 0.308. The van der Waals surface area contributed by atoms with Crippen molar-refractivity contribution in [3.05, 3.63) is 22.6 Å². The average Bonchev–Trinajstić information content (AvgIpc) is 2.84. The third-order valence-electron chi connectivity index (χ3n) is 3.54. The molecule has 1 fully saturated rings. The Morgan fingerprint density at radius 2 is 2.31 bits per heavy atom. The number of rotatable bonds is 4. The van der Waals surface area contributed by atoms with Gasteiger partial charge < -0.3 is 9.73 Å². The number of furan rings is 1. The fourth-order valence-electron chi connectivity index (χ4n) is 2.52. The topological polar surface area (TPSA) is 25.2 Å². The molecule has 90 valence electrons. The van der Waals surface area contributed by atoms with Crippen LogP contribution in [0.15, 0.2) is 21.2 Å². The third kappa shape index (κ3) is 3.11. The summed E-state index contributed by atoms with van der Waals surface area (Å²) in [4.78, 5) is 0. The predicted octanol–water partition coefficient (Wildman–Crippen LogP) is 4.13.